The van der Waals surface area contributed by atoms with E-state index in [0.29, 0.717) is 29.6 Å². The highest BCUT2D eigenvalue weighted by Crippen LogP contribution is 2.26. The lowest BCUT2D eigenvalue weighted by Gasteiger charge is -2.17. The van der Waals surface area contributed by atoms with Crippen molar-refractivity contribution < 1.29 is 9.59 Å². The van der Waals surface area contributed by atoms with Crippen LogP contribution in [0.15, 0.2) is 36.4 Å². The molecule has 2 heterocycles. The number of amides is 2. The summed E-state index contributed by atoms with van der Waals surface area (Å²) < 4.78 is 0. The van der Waals surface area contributed by atoms with Gasteiger partial charge in [-0.3, -0.25) is 9.59 Å². The van der Waals surface area contributed by atoms with Gasteiger partial charge >= 0.3 is 0 Å². The van der Waals surface area contributed by atoms with Gasteiger partial charge in [-0.2, -0.15) is 0 Å². The molecule has 2 amide bonds. The number of fused-ring (bicyclic) bond motifs is 2. The molecule has 0 unspecified atom stereocenters. The monoisotopic (exact) mass is 346 g/mol. The molecule has 3 aromatic rings. The zero-order valence-electron chi connectivity index (χ0n) is 14.6. The van der Waals surface area contributed by atoms with Crippen LogP contribution in [0.4, 0.5) is 11.4 Å². The van der Waals surface area contributed by atoms with Gasteiger partial charge in [0.05, 0.1) is 22.4 Å². The van der Waals surface area contributed by atoms with Crippen LogP contribution in [0.1, 0.15) is 33.7 Å². The zero-order valence-corrected chi connectivity index (χ0v) is 14.6. The second kappa shape index (κ2) is 6.22. The summed E-state index contributed by atoms with van der Waals surface area (Å²) in [6, 6.07) is 10.8. The van der Waals surface area contributed by atoms with E-state index in [1.54, 1.807) is 18.2 Å². The first kappa shape index (κ1) is 16.2. The maximum absolute atomic E-state index is 12.6. The van der Waals surface area contributed by atoms with Gasteiger partial charge in [-0.05, 0) is 62.2 Å². The highest BCUT2D eigenvalue weighted by atomic mass is 16.2. The van der Waals surface area contributed by atoms with E-state index in [0.717, 1.165) is 28.2 Å². The Kier molecular flexibility index (Phi) is 3.88. The summed E-state index contributed by atoms with van der Waals surface area (Å²) in [6.07, 6.45) is 1.14. The van der Waals surface area contributed by atoms with Gasteiger partial charge in [-0.25, -0.2) is 9.97 Å². The second-order valence-electron chi connectivity index (χ2n) is 6.47. The number of hydrogen-bond acceptors (Lipinski definition) is 4. The Labute approximate surface area is 150 Å². The van der Waals surface area contributed by atoms with Crippen LogP contribution in [0, 0.1) is 13.8 Å². The molecule has 1 aliphatic rings. The number of aromatic nitrogens is 2. The Morgan fingerprint density at radius 2 is 1.77 bits per heavy atom. The van der Waals surface area contributed by atoms with Crippen LogP contribution in [-0.4, -0.2) is 21.8 Å². The molecule has 0 atom stereocenters. The third kappa shape index (κ3) is 3.01. The average Bonchev–Trinajstić information content (AvgIpc) is 2.62. The maximum Gasteiger partial charge on any atom is 0.255 e. The van der Waals surface area contributed by atoms with Crippen molar-refractivity contribution in [3.05, 3.63) is 58.9 Å². The molecule has 0 spiro atoms. The van der Waals surface area contributed by atoms with Crippen LogP contribution < -0.4 is 10.6 Å². The van der Waals surface area contributed by atoms with E-state index in [-0.39, 0.29) is 11.8 Å². The number of rotatable bonds is 2. The molecular weight excluding hydrogens is 328 g/mol. The summed E-state index contributed by atoms with van der Waals surface area (Å²) in [6.45, 7) is 3.82. The van der Waals surface area contributed by atoms with Gasteiger partial charge in [0.25, 0.3) is 5.91 Å². The van der Waals surface area contributed by atoms with Crippen LogP contribution in [-0.2, 0) is 11.2 Å². The van der Waals surface area contributed by atoms with Gasteiger partial charge in [-0.1, -0.05) is 0 Å². The lowest BCUT2D eigenvalue weighted by molar-refractivity contribution is -0.116. The fourth-order valence-electron chi connectivity index (χ4n) is 3.04. The fourth-order valence-corrected chi connectivity index (χ4v) is 3.04. The minimum Gasteiger partial charge on any atom is -0.326 e. The predicted octanol–water partition coefficient (Wildman–Crippen LogP) is 3.38. The van der Waals surface area contributed by atoms with Crippen molar-refractivity contribution in [2.45, 2.75) is 26.7 Å². The minimum absolute atomic E-state index is 0.0251. The number of nitrogens with zero attached hydrogens (tertiary/aromatic N) is 2. The summed E-state index contributed by atoms with van der Waals surface area (Å²) in [5.41, 5.74) is 6.28. The van der Waals surface area contributed by atoms with E-state index in [1.165, 1.54) is 0 Å². The largest absolute Gasteiger partial charge is 0.326 e. The van der Waals surface area contributed by atoms with Crippen LogP contribution >= 0.6 is 0 Å². The summed E-state index contributed by atoms with van der Waals surface area (Å²) >= 11 is 0. The van der Waals surface area contributed by atoms with Crippen molar-refractivity contribution in [1.82, 2.24) is 9.97 Å². The van der Waals surface area contributed by atoms with Crippen molar-refractivity contribution >= 4 is 34.2 Å². The zero-order chi connectivity index (χ0) is 18.3. The number of anilines is 2. The number of aryl methyl sites for hydroxylation is 3. The lowest BCUT2D eigenvalue weighted by atomic mass is 10.0. The van der Waals surface area contributed by atoms with E-state index in [4.69, 9.17) is 0 Å². The number of benzene rings is 2. The van der Waals surface area contributed by atoms with E-state index >= 15 is 0 Å². The first-order valence-electron chi connectivity index (χ1n) is 8.49. The molecule has 0 fully saturated rings. The molecule has 1 aromatic heterocycles. The second-order valence-corrected chi connectivity index (χ2v) is 6.47. The van der Waals surface area contributed by atoms with Crippen LogP contribution in [0.5, 0.6) is 0 Å². The maximum atomic E-state index is 12.6. The highest BCUT2D eigenvalue weighted by Gasteiger charge is 2.16. The van der Waals surface area contributed by atoms with E-state index in [2.05, 4.69) is 20.6 Å². The molecule has 0 saturated heterocycles. The van der Waals surface area contributed by atoms with Crippen molar-refractivity contribution in [2.75, 3.05) is 10.6 Å². The number of carbonyl (C=O) groups is 2. The standard InChI is InChI=1S/C20H18N4O2/c1-11-12(2)22-18-10-14(3-6-17(18)21-11)20(26)23-15-5-7-16-13(9-15)4-8-19(25)24-16/h3,5-7,9-10H,4,8H2,1-2H3,(H,23,26)(H,24,25). The molecule has 6 heteroatoms. The normalized spacial score (nSPS) is 13.2. The van der Waals surface area contributed by atoms with Gasteiger partial charge in [-0.15, -0.1) is 0 Å². The summed E-state index contributed by atoms with van der Waals surface area (Å²) in [5, 5.41) is 5.75. The molecule has 6 nitrogen and oxygen atoms in total. The Morgan fingerprint density at radius 3 is 2.58 bits per heavy atom. The Morgan fingerprint density at radius 1 is 1.00 bits per heavy atom. The van der Waals surface area contributed by atoms with Crippen LogP contribution in [0.25, 0.3) is 11.0 Å². The Balaban J connectivity index is 1.59. The molecule has 4 rings (SSSR count). The van der Waals surface area contributed by atoms with Crippen molar-refractivity contribution in [2.24, 2.45) is 0 Å². The van der Waals surface area contributed by atoms with Crippen LogP contribution in [0.2, 0.25) is 0 Å². The quantitative estimate of drug-likeness (QED) is 0.745. The average molecular weight is 346 g/mol. The third-order valence-corrected chi connectivity index (χ3v) is 4.60. The van der Waals surface area contributed by atoms with Gasteiger partial charge in [0, 0.05) is 23.4 Å². The van der Waals surface area contributed by atoms with Gasteiger partial charge < -0.3 is 10.6 Å². The summed E-state index contributed by atoms with van der Waals surface area (Å²) in [7, 11) is 0. The SMILES string of the molecule is Cc1nc2ccc(C(=O)Nc3ccc4c(c3)CCC(=O)N4)cc2nc1C. The van der Waals surface area contributed by atoms with Gasteiger partial charge in [0.15, 0.2) is 0 Å². The highest BCUT2D eigenvalue weighted by molar-refractivity contribution is 6.06. The topological polar surface area (TPSA) is 84.0 Å². The molecule has 130 valence electrons. The molecular formula is C20H18N4O2. The van der Waals surface area contributed by atoms with E-state index in [1.807, 2.05) is 32.0 Å². The number of carbonyl (C=O) groups excluding carboxylic acids is 2. The predicted molar refractivity (Wildman–Crippen MR) is 100 cm³/mol. The van der Waals surface area contributed by atoms with Crippen molar-refractivity contribution in [3.8, 4) is 0 Å². The molecule has 2 N–H and O–H groups in total. The van der Waals surface area contributed by atoms with Gasteiger partial charge in [0.1, 0.15) is 0 Å². The molecule has 0 bridgehead atoms. The van der Waals surface area contributed by atoms with Crippen molar-refractivity contribution in [1.29, 1.82) is 0 Å². The first-order valence-corrected chi connectivity index (χ1v) is 8.49. The Hall–Kier alpha value is -3.28. The number of nitrogens with one attached hydrogen (secondary N) is 2. The first-order chi connectivity index (χ1) is 12.5. The molecule has 1 aliphatic heterocycles. The van der Waals surface area contributed by atoms with E-state index < -0.39 is 0 Å². The minimum atomic E-state index is -0.202. The molecule has 0 radical (unpaired) electrons. The molecule has 2 aromatic carbocycles. The third-order valence-electron chi connectivity index (χ3n) is 4.60. The smallest absolute Gasteiger partial charge is 0.255 e. The Bertz CT molecular complexity index is 1060. The summed E-state index contributed by atoms with van der Waals surface area (Å²) in [5.74, 6) is -0.177. The summed E-state index contributed by atoms with van der Waals surface area (Å²) in [4.78, 5) is 33.0. The molecule has 0 aliphatic carbocycles. The fraction of sp³-hybridized carbons (Fsp3) is 0.200. The lowest BCUT2D eigenvalue weighted by Crippen LogP contribution is -2.19. The van der Waals surface area contributed by atoms with E-state index in [9.17, 15) is 9.59 Å². The molecule has 26 heavy (non-hydrogen) atoms. The van der Waals surface area contributed by atoms with Crippen molar-refractivity contribution in [3.63, 3.8) is 0 Å². The molecule has 0 saturated carbocycles. The number of hydrogen-bond donors (Lipinski definition) is 2. The van der Waals surface area contributed by atoms with Gasteiger partial charge in [0.2, 0.25) is 5.91 Å². The van der Waals surface area contributed by atoms with Crippen LogP contribution in [0.3, 0.4) is 0 Å².